The number of aliphatic imine (C=N–C) groups is 1. The summed E-state index contributed by atoms with van der Waals surface area (Å²) < 4.78 is 0.298. The van der Waals surface area contributed by atoms with Crippen LogP contribution in [0.4, 0.5) is 0 Å². The minimum Gasteiger partial charge on any atom is -0.351 e. The summed E-state index contributed by atoms with van der Waals surface area (Å²) in [6, 6.07) is 0. The molecule has 120 valence electrons. The normalized spacial score (nSPS) is 18.3. The Morgan fingerprint density at radius 2 is 2.14 bits per heavy atom. The number of nitrogens with one attached hydrogen (secondary N) is 1. The Hall–Kier alpha value is -0.0200. The maximum Gasteiger partial charge on any atom is 0.194 e. The lowest BCUT2D eigenvalue weighted by Crippen LogP contribution is -2.50. The Bertz CT molecular complexity index is 499. The average molecular weight is 440 g/mol. The first-order valence-electron chi connectivity index (χ1n) is 6.94. The summed E-state index contributed by atoms with van der Waals surface area (Å²) in [6.45, 7) is 11.6. The fourth-order valence-electron chi connectivity index (χ4n) is 2.43. The van der Waals surface area contributed by atoms with Gasteiger partial charge in [0, 0.05) is 35.5 Å². The molecule has 21 heavy (non-hydrogen) atoms. The molecule has 1 aliphatic rings. The van der Waals surface area contributed by atoms with Gasteiger partial charge in [-0.3, -0.25) is 4.99 Å². The molecule has 1 saturated heterocycles. The highest BCUT2D eigenvalue weighted by Crippen LogP contribution is 2.29. The van der Waals surface area contributed by atoms with Crippen molar-refractivity contribution in [2.75, 3.05) is 25.9 Å². The molecule has 0 unspecified atom stereocenters. The fraction of sp³-hybridized carbons (Fsp3) is 0.714. The van der Waals surface area contributed by atoms with Crippen LogP contribution in [0, 0.1) is 13.8 Å². The zero-order valence-electron chi connectivity index (χ0n) is 13.4. The monoisotopic (exact) mass is 440 g/mol. The van der Waals surface area contributed by atoms with Crippen molar-refractivity contribution in [1.82, 2.24) is 15.2 Å². The van der Waals surface area contributed by atoms with Crippen LogP contribution in [0.1, 0.15) is 29.4 Å². The summed E-state index contributed by atoms with van der Waals surface area (Å²) in [5, 5.41) is 4.61. The van der Waals surface area contributed by atoms with Crippen molar-refractivity contribution in [3.05, 3.63) is 15.6 Å². The van der Waals surface area contributed by atoms with E-state index < -0.39 is 0 Å². The first-order chi connectivity index (χ1) is 9.41. The Kier molecular flexibility index (Phi) is 7.26. The molecule has 0 amide bonds. The summed E-state index contributed by atoms with van der Waals surface area (Å²) >= 11 is 3.80. The summed E-state index contributed by atoms with van der Waals surface area (Å²) in [7, 11) is 1.86. The number of aromatic nitrogens is 1. The van der Waals surface area contributed by atoms with Crippen molar-refractivity contribution in [3.8, 4) is 0 Å². The Morgan fingerprint density at radius 1 is 1.43 bits per heavy atom. The number of nitrogens with zero attached hydrogens (tertiary/aromatic N) is 3. The number of hydrogen-bond donors (Lipinski definition) is 1. The zero-order valence-corrected chi connectivity index (χ0v) is 17.4. The second-order valence-electron chi connectivity index (χ2n) is 5.67. The van der Waals surface area contributed by atoms with E-state index in [9.17, 15) is 0 Å². The van der Waals surface area contributed by atoms with Crippen molar-refractivity contribution >= 4 is 53.0 Å². The topological polar surface area (TPSA) is 40.5 Å². The molecule has 0 spiro atoms. The molecule has 2 rings (SSSR count). The molecule has 0 aromatic carbocycles. The zero-order chi connectivity index (χ0) is 14.8. The predicted octanol–water partition coefficient (Wildman–Crippen LogP) is 3.28. The highest BCUT2D eigenvalue weighted by molar-refractivity contribution is 14.0. The first-order valence-corrected chi connectivity index (χ1v) is 8.74. The van der Waals surface area contributed by atoms with Gasteiger partial charge in [0.05, 0.1) is 17.2 Å². The van der Waals surface area contributed by atoms with Crippen LogP contribution in [0.5, 0.6) is 0 Å². The van der Waals surface area contributed by atoms with Gasteiger partial charge >= 0.3 is 0 Å². The molecule has 0 saturated carbocycles. The summed E-state index contributed by atoms with van der Waals surface area (Å²) in [6.07, 6.45) is 0. The standard InChI is InChI=1S/C14H24N4S2.HI/c1-10-12(20-11(2)17-10)8-16-13(15-5)18-6-7-19-14(3,4)9-18;/h6-9H2,1-5H3,(H,15,16);1H. The van der Waals surface area contributed by atoms with Gasteiger partial charge in [0.15, 0.2) is 5.96 Å². The molecule has 1 aliphatic heterocycles. The second kappa shape index (κ2) is 8.01. The van der Waals surface area contributed by atoms with Gasteiger partial charge in [0.25, 0.3) is 0 Å². The van der Waals surface area contributed by atoms with E-state index in [-0.39, 0.29) is 24.0 Å². The smallest absolute Gasteiger partial charge is 0.194 e. The molecule has 0 aliphatic carbocycles. The van der Waals surface area contributed by atoms with E-state index in [2.05, 4.69) is 47.9 Å². The summed E-state index contributed by atoms with van der Waals surface area (Å²) in [5.74, 6) is 2.16. The molecule has 1 aromatic rings. The van der Waals surface area contributed by atoms with Crippen LogP contribution in [0.25, 0.3) is 0 Å². The predicted molar refractivity (Wildman–Crippen MR) is 105 cm³/mol. The van der Waals surface area contributed by atoms with E-state index in [0.29, 0.717) is 4.75 Å². The number of hydrogen-bond acceptors (Lipinski definition) is 4. The van der Waals surface area contributed by atoms with Gasteiger partial charge in [0.1, 0.15) is 0 Å². The van der Waals surface area contributed by atoms with Gasteiger partial charge < -0.3 is 10.2 Å². The molecule has 2 heterocycles. The maximum absolute atomic E-state index is 4.47. The SMILES string of the molecule is CN=C(NCc1sc(C)nc1C)N1CCSC(C)(C)C1.I. The van der Waals surface area contributed by atoms with Crippen molar-refractivity contribution in [2.45, 2.75) is 39.0 Å². The second-order valence-corrected chi connectivity index (χ2v) is 8.76. The Morgan fingerprint density at radius 3 is 2.67 bits per heavy atom. The van der Waals surface area contributed by atoms with Crippen LogP contribution >= 0.6 is 47.1 Å². The lowest BCUT2D eigenvalue weighted by molar-refractivity contribution is 0.376. The Labute approximate surface area is 153 Å². The molecule has 0 atom stereocenters. The van der Waals surface area contributed by atoms with Crippen molar-refractivity contribution in [2.24, 2.45) is 4.99 Å². The minimum atomic E-state index is 0. The number of halogens is 1. The van der Waals surface area contributed by atoms with Crippen LogP contribution in [-0.2, 0) is 6.54 Å². The number of aryl methyl sites for hydroxylation is 2. The van der Waals surface area contributed by atoms with Gasteiger partial charge in [0.2, 0.25) is 0 Å². The Balaban J connectivity index is 0.00000220. The minimum absolute atomic E-state index is 0. The van der Waals surface area contributed by atoms with Crippen LogP contribution < -0.4 is 5.32 Å². The quantitative estimate of drug-likeness (QED) is 0.436. The average Bonchev–Trinajstić information content (AvgIpc) is 2.67. The third kappa shape index (κ3) is 5.28. The molecule has 1 N–H and O–H groups in total. The first kappa shape index (κ1) is 19.0. The van der Waals surface area contributed by atoms with E-state index in [1.807, 2.05) is 18.8 Å². The molecule has 0 radical (unpaired) electrons. The van der Waals surface area contributed by atoms with Crippen LogP contribution in [-0.4, -0.2) is 46.5 Å². The van der Waals surface area contributed by atoms with Gasteiger partial charge in [-0.25, -0.2) is 4.98 Å². The van der Waals surface area contributed by atoms with Gasteiger partial charge in [-0.1, -0.05) is 0 Å². The molecule has 0 bridgehead atoms. The highest BCUT2D eigenvalue weighted by Gasteiger charge is 2.28. The van der Waals surface area contributed by atoms with E-state index in [1.54, 1.807) is 11.3 Å². The van der Waals surface area contributed by atoms with E-state index >= 15 is 0 Å². The summed E-state index contributed by atoms with van der Waals surface area (Å²) in [4.78, 5) is 12.6. The lowest BCUT2D eigenvalue weighted by Gasteiger charge is -2.39. The van der Waals surface area contributed by atoms with Crippen LogP contribution in [0.2, 0.25) is 0 Å². The molecule has 4 nitrogen and oxygen atoms in total. The largest absolute Gasteiger partial charge is 0.351 e. The number of thioether (sulfide) groups is 1. The van der Waals surface area contributed by atoms with Gasteiger partial charge in [-0.15, -0.1) is 35.3 Å². The highest BCUT2D eigenvalue weighted by atomic mass is 127. The molecule has 1 aromatic heterocycles. The van der Waals surface area contributed by atoms with Crippen LogP contribution in [0.3, 0.4) is 0 Å². The number of thiazole rings is 1. The van der Waals surface area contributed by atoms with Crippen molar-refractivity contribution in [1.29, 1.82) is 0 Å². The maximum atomic E-state index is 4.47. The summed E-state index contributed by atoms with van der Waals surface area (Å²) in [5.41, 5.74) is 1.13. The number of rotatable bonds is 2. The molecule has 1 fully saturated rings. The van der Waals surface area contributed by atoms with E-state index in [0.717, 1.165) is 42.0 Å². The van der Waals surface area contributed by atoms with E-state index in [1.165, 1.54) is 4.88 Å². The van der Waals surface area contributed by atoms with Gasteiger partial charge in [-0.2, -0.15) is 11.8 Å². The molecule has 7 heteroatoms. The van der Waals surface area contributed by atoms with Crippen LogP contribution in [0.15, 0.2) is 4.99 Å². The van der Waals surface area contributed by atoms with Gasteiger partial charge in [-0.05, 0) is 27.7 Å². The lowest BCUT2D eigenvalue weighted by atomic mass is 10.2. The molecular weight excluding hydrogens is 415 g/mol. The fourth-order valence-corrected chi connectivity index (χ4v) is 4.41. The molecular formula is C14H25IN4S2. The van der Waals surface area contributed by atoms with E-state index in [4.69, 9.17) is 0 Å². The number of guanidine groups is 1. The third-order valence-electron chi connectivity index (χ3n) is 3.34. The van der Waals surface area contributed by atoms with Crippen molar-refractivity contribution < 1.29 is 0 Å². The van der Waals surface area contributed by atoms with Crippen molar-refractivity contribution in [3.63, 3.8) is 0 Å². The third-order valence-corrected chi connectivity index (χ3v) is 5.71.